The Labute approximate surface area is 162 Å². The van der Waals surface area contributed by atoms with Crippen LogP contribution in [0.2, 0.25) is 0 Å². The summed E-state index contributed by atoms with van der Waals surface area (Å²) in [5.41, 5.74) is 3.86. The highest BCUT2D eigenvalue weighted by Gasteiger charge is 2.50. The number of esters is 1. The van der Waals surface area contributed by atoms with E-state index in [4.69, 9.17) is 4.74 Å². The number of carbonyl (C=O) groups excluding carboxylic acids is 2. The summed E-state index contributed by atoms with van der Waals surface area (Å²) in [4.78, 5) is 35.1. The lowest BCUT2D eigenvalue weighted by Gasteiger charge is -2.40. The molecule has 2 aliphatic heterocycles. The fourth-order valence-electron chi connectivity index (χ4n) is 4.33. The van der Waals surface area contributed by atoms with E-state index in [0.29, 0.717) is 13.0 Å². The fourth-order valence-corrected chi connectivity index (χ4v) is 5.15. The van der Waals surface area contributed by atoms with Crippen LogP contribution < -0.4 is 0 Å². The van der Waals surface area contributed by atoms with Gasteiger partial charge in [-0.25, -0.2) is 4.98 Å². The smallest absolute Gasteiger partial charge is 0.311 e. The van der Waals surface area contributed by atoms with E-state index in [-0.39, 0.29) is 29.9 Å². The maximum atomic E-state index is 13.1. The van der Waals surface area contributed by atoms with Crippen LogP contribution in [0.25, 0.3) is 0 Å². The number of carbonyl (C=O) groups is 2. The molecule has 0 N–H and O–H groups in total. The number of aryl methyl sites for hydroxylation is 1. The first-order chi connectivity index (χ1) is 13.1. The third-order valence-corrected chi connectivity index (χ3v) is 6.49. The molecule has 0 saturated carbocycles. The summed E-state index contributed by atoms with van der Waals surface area (Å²) < 4.78 is 5.06. The molecule has 2 aromatic rings. The quantitative estimate of drug-likeness (QED) is 0.757. The van der Waals surface area contributed by atoms with Gasteiger partial charge in [-0.1, -0.05) is 30.3 Å². The average molecular weight is 385 g/mol. The number of rotatable bonds is 4. The third-order valence-electron chi connectivity index (χ3n) is 5.57. The SMILES string of the molecule is COC(=O)[C@H]1C[C@H]2CN(Cc3scnc3C)CC(=O)N2[C@H]1c1ccccc1. The summed E-state index contributed by atoms with van der Waals surface area (Å²) in [6, 6.07) is 9.60. The molecule has 3 atom stereocenters. The normalized spacial score (nSPS) is 25.5. The standard InChI is InChI=1S/C20H23N3O3S/c1-13-17(27-12-21-13)10-22-9-15-8-16(20(25)26-2)19(23(15)18(24)11-22)14-6-4-3-5-7-14/h3-7,12,15-16,19H,8-11H2,1-2H3/t15-,16-,19-/m0/s1. The van der Waals surface area contributed by atoms with E-state index in [1.54, 1.807) is 11.3 Å². The van der Waals surface area contributed by atoms with Gasteiger partial charge < -0.3 is 9.64 Å². The molecule has 1 aromatic heterocycles. The summed E-state index contributed by atoms with van der Waals surface area (Å²) >= 11 is 1.62. The molecule has 27 heavy (non-hydrogen) atoms. The van der Waals surface area contributed by atoms with Gasteiger partial charge in [-0.15, -0.1) is 11.3 Å². The molecule has 2 aliphatic rings. The highest BCUT2D eigenvalue weighted by molar-refractivity contribution is 7.09. The van der Waals surface area contributed by atoms with Crippen molar-refractivity contribution in [2.24, 2.45) is 5.92 Å². The van der Waals surface area contributed by atoms with Gasteiger partial charge in [0.1, 0.15) is 0 Å². The largest absolute Gasteiger partial charge is 0.469 e. The van der Waals surface area contributed by atoms with Crippen molar-refractivity contribution in [3.63, 3.8) is 0 Å². The van der Waals surface area contributed by atoms with Crippen LogP contribution in [0.3, 0.4) is 0 Å². The van der Waals surface area contributed by atoms with Crippen molar-refractivity contribution >= 4 is 23.2 Å². The van der Waals surface area contributed by atoms with Gasteiger partial charge in [-0.3, -0.25) is 14.5 Å². The monoisotopic (exact) mass is 385 g/mol. The van der Waals surface area contributed by atoms with Gasteiger partial charge in [0.2, 0.25) is 5.91 Å². The second kappa shape index (κ2) is 7.40. The van der Waals surface area contributed by atoms with Crippen molar-refractivity contribution in [1.29, 1.82) is 0 Å². The zero-order valence-corrected chi connectivity index (χ0v) is 16.3. The molecule has 0 unspecified atom stereocenters. The van der Waals surface area contributed by atoms with Crippen LogP contribution >= 0.6 is 11.3 Å². The maximum Gasteiger partial charge on any atom is 0.311 e. The molecule has 2 fully saturated rings. The highest BCUT2D eigenvalue weighted by Crippen LogP contribution is 2.43. The van der Waals surface area contributed by atoms with Gasteiger partial charge >= 0.3 is 5.97 Å². The van der Waals surface area contributed by atoms with E-state index >= 15 is 0 Å². The molecule has 142 valence electrons. The minimum Gasteiger partial charge on any atom is -0.469 e. The minimum absolute atomic E-state index is 0.0220. The molecule has 0 radical (unpaired) electrons. The number of fused-ring (bicyclic) bond motifs is 1. The number of amides is 1. The first-order valence-corrected chi connectivity index (χ1v) is 10.0. The highest BCUT2D eigenvalue weighted by atomic mass is 32.1. The van der Waals surface area contributed by atoms with E-state index in [0.717, 1.165) is 24.3 Å². The van der Waals surface area contributed by atoms with Gasteiger partial charge in [0.05, 0.1) is 36.8 Å². The lowest BCUT2D eigenvalue weighted by molar-refractivity contribution is -0.147. The van der Waals surface area contributed by atoms with Gasteiger partial charge in [0.25, 0.3) is 0 Å². The molecule has 4 rings (SSSR count). The Kier molecular flexibility index (Phi) is 4.97. The Morgan fingerprint density at radius 2 is 2.11 bits per heavy atom. The lowest BCUT2D eigenvalue weighted by atomic mass is 9.93. The van der Waals surface area contributed by atoms with Crippen LogP contribution in [0.1, 0.15) is 28.6 Å². The molecule has 0 spiro atoms. The fraction of sp³-hybridized carbons (Fsp3) is 0.450. The molecule has 3 heterocycles. The van der Waals surface area contributed by atoms with E-state index in [1.807, 2.05) is 47.7 Å². The van der Waals surface area contributed by atoms with Crippen molar-refractivity contribution in [3.8, 4) is 0 Å². The van der Waals surface area contributed by atoms with Crippen molar-refractivity contribution in [3.05, 3.63) is 52.0 Å². The number of aromatic nitrogens is 1. The number of hydrogen-bond acceptors (Lipinski definition) is 6. The number of nitrogens with zero attached hydrogens (tertiary/aromatic N) is 3. The van der Waals surface area contributed by atoms with Gasteiger partial charge in [0.15, 0.2) is 0 Å². The molecule has 6 nitrogen and oxygen atoms in total. The predicted octanol–water partition coefficient (Wildman–Crippen LogP) is 2.40. The Balaban J connectivity index is 1.59. The lowest BCUT2D eigenvalue weighted by Crippen LogP contribution is -2.53. The summed E-state index contributed by atoms with van der Waals surface area (Å²) in [6.45, 7) is 3.86. The molecule has 1 aromatic carbocycles. The summed E-state index contributed by atoms with van der Waals surface area (Å²) in [5, 5.41) is 0. The number of hydrogen-bond donors (Lipinski definition) is 0. The second-order valence-electron chi connectivity index (χ2n) is 7.21. The van der Waals surface area contributed by atoms with Crippen LogP contribution in [0.15, 0.2) is 35.8 Å². The van der Waals surface area contributed by atoms with Crippen LogP contribution in [-0.4, -0.2) is 52.9 Å². The maximum absolute atomic E-state index is 13.1. The summed E-state index contributed by atoms with van der Waals surface area (Å²) in [7, 11) is 1.42. The Morgan fingerprint density at radius 3 is 2.78 bits per heavy atom. The number of ether oxygens (including phenoxy) is 1. The third kappa shape index (κ3) is 3.37. The predicted molar refractivity (Wildman–Crippen MR) is 102 cm³/mol. The molecule has 0 bridgehead atoms. The van der Waals surface area contributed by atoms with Crippen molar-refractivity contribution < 1.29 is 14.3 Å². The average Bonchev–Trinajstić information content (AvgIpc) is 3.26. The Hall–Kier alpha value is -2.25. The molecular weight excluding hydrogens is 362 g/mol. The number of thiazole rings is 1. The van der Waals surface area contributed by atoms with Crippen LogP contribution in [0.4, 0.5) is 0 Å². The van der Waals surface area contributed by atoms with Crippen LogP contribution in [0, 0.1) is 12.8 Å². The van der Waals surface area contributed by atoms with E-state index in [9.17, 15) is 9.59 Å². The molecule has 2 saturated heterocycles. The van der Waals surface area contributed by atoms with Crippen molar-refractivity contribution in [2.45, 2.75) is 32.0 Å². The molecule has 7 heteroatoms. The zero-order chi connectivity index (χ0) is 19.0. The van der Waals surface area contributed by atoms with E-state index in [1.165, 1.54) is 12.0 Å². The zero-order valence-electron chi connectivity index (χ0n) is 15.5. The summed E-state index contributed by atoms with van der Waals surface area (Å²) in [6.07, 6.45) is 0.635. The summed E-state index contributed by atoms with van der Waals surface area (Å²) in [5.74, 6) is -0.485. The van der Waals surface area contributed by atoms with Gasteiger partial charge in [-0.2, -0.15) is 0 Å². The minimum atomic E-state index is -0.323. The molecule has 0 aliphatic carbocycles. The number of piperazine rings is 1. The number of benzene rings is 1. The first-order valence-electron chi connectivity index (χ1n) is 9.13. The topological polar surface area (TPSA) is 62.7 Å². The van der Waals surface area contributed by atoms with Crippen LogP contribution in [0.5, 0.6) is 0 Å². The second-order valence-corrected chi connectivity index (χ2v) is 8.15. The van der Waals surface area contributed by atoms with Gasteiger partial charge in [0, 0.05) is 24.0 Å². The molecular formula is C20H23N3O3S. The van der Waals surface area contributed by atoms with Gasteiger partial charge in [-0.05, 0) is 18.9 Å². The van der Waals surface area contributed by atoms with Crippen molar-refractivity contribution in [1.82, 2.24) is 14.8 Å². The van der Waals surface area contributed by atoms with E-state index < -0.39 is 0 Å². The Morgan fingerprint density at radius 1 is 1.33 bits per heavy atom. The number of methoxy groups -OCH3 is 1. The first kappa shape index (κ1) is 18.1. The van der Waals surface area contributed by atoms with Crippen LogP contribution in [-0.2, 0) is 20.9 Å². The van der Waals surface area contributed by atoms with E-state index in [2.05, 4.69) is 9.88 Å². The van der Waals surface area contributed by atoms with Crippen molar-refractivity contribution in [2.75, 3.05) is 20.2 Å². The molecule has 1 amide bonds. The Bertz CT molecular complexity index is 838.